The molecule has 6 nitrogen and oxygen atoms in total. The number of rotatable bonds is 1. The third-order valence-corrected chi connectivity index (χ3v) is 3.88. The lowest BCUT2D eigenvalue weighted by Crippen LogP contribution is -2.33. The highest BCUT2D eigenvalue weighted by atomic mass is 79.9. The summed E-state index contributed by atoms with van der Waals surface area (Å²) in [5, 5.41) is 9.12. The van der Waals surface area contributed by atoms with Crippen LogP contribution in [0.15, 0.2) is 16.6 Å². The van der Waals surface area contributed by atoms with Crippen molar-refractivity contribution in [1.29, 1.82) is 0 Å². The zero-order valence-corrected chi connectivity index (χ0v) is 11.7. The van der Waals surface area contributed by atoms with Gasteiger partial charge < -0.3 is 19.2 Å². The molecule has 2 heterocycles. The quantitative estimate of drug-likeness (QED) is 0.785. The molecule has 0 saturated heterocycles. The third kappa shape index (κ3) is 2.00. The average Bonchev–Trinajstić information content (AvgIpc) is 2.65. The highest BCUT2D eigenvalue weighted by molar-refractivity contribution is 9.10. The number of ether oxygens (including phenoxy) is 1. The third-order valence-electron chi connectivity index (χ3n) is 3.19. The first kappa shape index (κ1) is 12.8. The fourth-order valence-corrected chi connectivity index (χ4v) is 2.82. The van der Waals surface area contributed by atoms with Crippen LogP contribution in [-0.2, 0) is 9.31 Å². The van der Waals surface area contributed by atoms with Crippen LogP contribution in [0.3, 0.4) is 0 Å². The molecule has 0 fully saturated rings. The van der Waals surface area contributed by atoms with Gasteiger partial charge in [-0.3, -0.25) is 4.90 Å². The summed E-state index contributed by atoms with van der Waals surface area (Å²) >= 11 is 3.43. The summed E-state index contributed by atoms with van der Waals surface area (Å²) in [6.45, 7) is 0.854. The Balaban J connectivity index is 2.12. The number of halogens is 1. The molecular formula is C11H11BBrNO5. The first-order valence-corrected chi connectivity index (χ1v) is 6.57. The van der Waals surface area contributed by atoms with E-state index in [1.54, 1.807) is 0 Å². The number of hydrogen-bond acceptors (Lipinski definition) is 4. The second-order valence-electron chi connectivity index (χ2n) is 4.31. The van der Waals surface area contributed by atoms with Crippen molar-refractivity contribution < 1.29 is 23.9 Å². The zero-order chi connectivity index (χ0) is 13.6. The Labute approximate surface area is 118 Å². The summed E-state index contributed by atoms with van der Waals surface area (Å²) in [4.78, 5) is 12.2. The molecule has 0 spiro atoms. The minimum Gasteiger partial charge on any atom is -0.492 e. The zero-order valence-electron chi connectivity index (χ0n) is 10.1. The lowest BCUT2D eigenvalue weighted by Gasteiger charge is -2.23. The molecule has 0 aromatic heterocycles. The maximum absolute atomic E-state index is 11.1. The van der Waals surface area contributed by atoms with Crippen LogP contribution in [0.5, 0.6) is 5.75 Å². The van der Waals surface area contributed by atoms with Crippen molar-refractivity contribution >= 4 is 34.6 Å². The molecule has 1 N–H and O–H groups in total. The van der Waals surface area contributed by atoms with Gasteiger partial charge in [0.15, 0.2) is 0 Å². The van der Waals surface area contributed by atoms with Crippen molar-refractivity contribution in [2.75, 3.05) is 20.3 Å². The molecule has 8 heteroatoms. The Morgan fingerprint density at radius 1 is 1.53 bits per heavy atom. The van der Waals surface area contributed by atoms with Crippen LogP contribution < -0.4 is 10.2 Å². The Hall–Kier alpha value is -1.25. The number of nitrogens with zero attached hydrogens (tertiary/aromatic N) is 1. The Morgan fingerprint density at radius 2 is 2.32 bits per heavy atom. The molecule has 1 atom stereocenters. The largest absolute Gasteiger partial charge is 0.500 e. The van der Waals surface area contributed by atoms with E-state index in [9.17, 15) is 4.79 Å². The van der Waals surface area contributed by atoms with Gasteiger partial charge in [0.25, 0.3) is 0 Å². The van der Waals surface area contributed by atoms with Gasteiger partial charge in [-0.1, -0.05) is 15.9 Å². The summed E-state index contributed by atoms with van der Waals surface area (Å²) in [5.41, 5.74) is 1.51. The smallest absolute Gasteiger partial charge is 0.492 e. The molecule has 1 amide bonds. The van der Waals surface area contributed by atoms with Gasteiger partial charge in [-0.05, 0) is 12.1 Å². The van der Waals surface area contributed by atoms with Crippen molar-refractivity contribution in [2.45, 2.75) is 6.23 Å². The van der Waals surface area contributed by atoms with Gasteiger partial charge in [0.05, 0.1) is 6.61 Å². The van der Waals surface area contributed by atoms with Crippen molar-refractivity contribution in [3.63, 3.8) is 0 Å². The summed E-state index contributed by atoms with van der Waals surface area (Å²) in [5.74, 6) is 0.682. The van der Waals surface area contributed by atoms with E-state index in [1.807, 2.05) is 12.1 Å². The van der Waals surface area contributed by atoms with Crippen molar-refractivity contribution in [3.05, 3.63) is 22.2 Å². The van der Waals surface area contributed by atoms with Gasteiger partial charge in [0.1, 0.15) is 18.6 Å². The molecule has 3 rings (SSSR count). The molecule has 1 aromatic carbocycles. The van der Waals surface area contributed by atoms with Crippen LogP contribution in [0, 0.1) is 0 Å². The highest BCUT2D eigenvalue weighted by Gasteiger charge is 2.45. The molecular weight excluding hydrogens is 317 g/mol. The predicted octanol–water partition coefficient (Wildman–Crippen LogP) is 1.19. The molecule has 19 heavy (non-hydrogen) atoms. The molecule has 2 aliphatic rings. The van der Waals surface area contributed by atoms with E-state index < -0.39 is 19.4 Å². The minimum atomic E-state index is -1.06. The fourth-order valence-electron chi connectivity index (χ4n) is 2.28. The summed E-state index contributed by atoms with van der Waals surface area (Å²) in [6, 6.07) is 3.66. The van der Waals surface area contributed by atoms with E-state index in [-0.39, 0.29) is 0 Å². The van der Waals surface area contributed by atoms with Gasteiger partial charge >= 0.3 is 13.2 Å². The number of carbonyl (C=O) groups is 1. The number of hydrogen-bond donors (Lipinski definition) is 1. The lowest BCUT2D eigenvalue weighted by molar-refractivity contribution is 0.0336. The highest BCUT2D eigenvalue weighted by Crippen LogP contribution is 2.36. The van der Waals surface area contributed by atoms with Crippen LogP contribution in [0.25, 0.3) is 0 Å². The summed E-state index contributed by atoms with van der Waals surface area (Å²) in [7, 11) is 0.877. The topological polar surface area (TPSA) is 68.2 Å². The molecule has 1 aromatic rings. The standard InChI is InChI=1S/C11H11BBrNO5/c1-14(11(15)16)10-8-6(13)2-3-7-9(8)12(19-10)18-5-4-17-7/h2-3,10H,4-5H2,1H3,(H,15,16). The van der Waals surface area contributed by atoms with Crippen LogP contribution >= 0.6 is 15.9 Å². The maximum Gasteiger partial charge on any atom is 0.500 e. The van der Waals surface area contributed by atoms with Gasteiger partial charge in [-0.25, -0.2) is 4.79 Å². The molecule has 2 aliphatic heterocycles. The second kappa shape index (κ2) is 4.70. The number of carboxylic acid groups (broad SMARTS) is 1. The maximum atomic E-state index is 11.1. The van der Waals surface area contributed by atoms with Crippen LogP contribution in [-0.4, -0.2) is 43.5 Å². The summed E-state index contributed by atoms with van der Waals surface area (Å²) < 4.78 is 17.6. The van der Waals surface area contributed by atoms with Gasteiger partial charge in [-0.15, -0.1) is 0 Å². The number of benzene rings is 1. The van der Waals surface area contributed by atoms with Crippen molar-refractivity contribution in [1.82, 2.24) is 4.90 Å². The molecule has 0 radical (unpaired) electrons. The van der Waals surface area contributed by atoms with Crippen LogP contribution in [0.1, 0.15) is 11.8 Å². The van der Waals surface area contributed by atoms with E-state index in [0.29, 0.717) is 19.0 Å². The van der Waals surface area contributed by atoms with E-state index in [4.69, 9.17) is 19.2 Å². The Kier molecular flexibility index (Phi) is 3.16. The molecule has 0 saturated carbocycles. The van der Waals surface area contributed by atoms with E-state index in [0.717, 1.165) is 20.4 Å². The first-order chi connectivity index (χ1) is 9.09. The van der Waals surface area contributed by atoms with Gasteiger partial charge in [0.2, 0.25) is 0 Å². The van der Waals surface area contributed by atoms with Gasteiger partial charge in [0, 0.05) is 22.5 Å². The average molecular weight is 328 g/mol. The fraction of sp³-hybridized carbons (Fsp3) is 0.364. The van der Waals surface area contributed by atoms with Crippen LogP contribution in [0.4, 0.5) is 4.79 Å². The first-order valence-electron chi connectivity index (χ1n) is 5.77. The van der Waals surface area contributed by atoms with Crippen LogP contribution in [0.2, 0.25) is 0 Å². The Morgan fingerprint density at radius 3 is 3.05 bits per heavy atom. The molecule has 0 aliphatic carbocycles. The molecule has 0 bridgehead atoms. The minimum absolute atomic E-state index is 0.403. The molecule has 1 unspecified atom stereocenters. The monoisotopic (exact) mass is 327 g/mol. The van der Waals surface area contributed by atoms with E-state index in [2.05, 4.69) is 15.9 Å². The predicted molar refractivity (Wildman–Crippen MR) is 70.6 cm³/mol. The number of amides is 1. The van der Waals surface area contributed by atoms with E-state index >= 15 is 0 Å². The van der Waals surface area contributed by atoms with E-state index in [1.165, 1.54) is 7.05 Å². The van der Waals surface area contributed by atoms with Crippen molar-refractivity contribution in [2.24, 2.45) is 0 Å². The van der Waals surface area contributed by atoms with Gasteiger partial charge in [-0.2, -0.15) is 0 Å². The van der Waals surface area contributed by atoms with Crippen molar-refractivity contribution in [3.8, 4) is 5.75 Å². The molecule has 100 valence electrons. The normalized spacial score (nSPS) is 20.5. The summed E-state index contributed by atoms with van der Waals surface area (Å²) in [6.07, 6.45) is -1.76. The lowest BCUT2D eigenvalue weighted by atomic mass is 9.78. The Bertz CT molecular complexity index is 540. The SMILES string of the molecule is CN(C(=O)O)C1OB2OCCOc3ccc(Br)c1c32. The second-order valence-corrected chi connectivity index (χ2v) is 5.16.